The van der Waals surface area contributed by atoms with E-state index in [1.54, 1.807) is 13.1 Å². The van der Waals surface area contributed by atoms with Crippen LogP contribution in [0.15, 0.2) is 48.0 Å². The molecule has 1 aromatic carbocycles. The van der Waals surface area contributed by atoms with Crippen LogP contribution in [0, 0.1) is 17.8 Å². The lowest BCUT2D eigenvalue weighted by Crippen LogP contribution is -2.38. The molecule has 0 radical (unpaired) electrons. The lowest BCUT2D eigenvalue weighted by Gasteiger charge is -2.19. The molecular weight excluding hydrogens is 486 g/mol. The molecule has 7 heteroatoms. The van der Waals surface area contributed by atoms with E-state index in [-0.39, 0.29) is 29.7 Å². The van der Waals surface area contributed by atoms with Gasteiger partial charge in [-0.05, 0) is 57.1 Å². The first kappa shape index (κ1) is 28.0. The Morgan fingerprint density at radius 2 is 2.00 bits per heavy atom. The number of likely N-dealkylation sites (tertiary alicyclic amines) is 1. The van der Waals surface area contributed by atoms with E-state index >= 15 is 0 Å². The van der Waals surface area contributed by atoms with Crippen LogP contribution in [0.3, 0.4) is 0 Å². The number of benzene rings is 1. The zero-order valence-corrected chi connectivity index (χ0v) is 23.2. The molecule has 39 heavy (non-hydrogen) atoms. The number of hydrogen-bond donors (Lipinski definition) is 2. The second-order valence-electron chi connectivity index (χ2n) is 10.3. The van der Waals surface area contributed by atoms with Gasteiger partial charge in [0.15, 0.2) is 0 Å². The molecule has 1 aromatic heterocycles. The Balaban J connectivity index is 1.95. The first-order valence-corrected chi connectivity index (χ1v) is 13.9. The van der Waals surface area contributed by atoms with E-state index in [9.17, 15) is 9.59 Å². The van der Waals surface area contributed by atoms with Gasteiger partial charge in [0.2, 0.25) is 5.91 Å². The highest BCUT2D eigenvalue weighted by atomic mass is 16.2. The number of carbonyl (C=O) groups excluding carboxylic acids is 2. The van der Waals surface area contributed by atoms with Crippen LogP contribution in [-0.2, 0) is 11.3 Å². The summed E-state index contributed by atoms with van der Waals surface area (Å²) in [6.07, 6.45) is 9.75. The Morgan fingerprint density at radius 3 is 2.64 bits per heavy atom. The fraction of sp³-hybridized carbons (Fsp3) is 0.406. The smallest absolute Gasteiger partial charge is 0.255 e. The molecule has 2 heterocycles. The molecule has 0 spiro atoms. The molecule has 2 aliphatic rings. The fourth-order valence-electron chi connectivity index (χ4n) is 5.15. The fourth-order valence-corrected chi connectivity index (χ4v) is 5.15. The topological polar surface area (TPSA) is 92.7 Å². The highest BCUT2D eigenvalue weighted by Gasteiger charge is 2.35. The van der Waals surface area contributed by atoms with Gasteiger partial charge in [-0.3, -0.25) is 9.59 Å². The van der Waals surface area contributed by atoms with Crippen LogP contribution >= 0.6 is 0 Å². The molecule has 2 fully saturated rings. The minimum Gasteiger partial charge on any atom is -0.383 e. The van der Waals surface area contributed by atoms with Crippen LogP contribution in [0.1, 0.15) is 80.5 Å². The first-order valence-electron chi connectivity index (χ1n) is 13.9. The first-order chi connectivity index (χ1) is 18.9. The third-order valence-electron chi connectivity index (χ3n) is 7.26. The summed E-state index contributed by atoms with van der Waals surface area (Å²) in [7, 11) is 0. The van der Waals surface area contributed by atoms with Gasteiger partial charge in [-0.1, -0.05) is 62.3 Å². The van der Waals surface area contributed by atoms with Crippen LogP contribution in [0.5, 0.6) is 0 Å². The van der Waals surface area contributed by atoms with Crippen molar-refractivity contribution in [1.29, 1.82) is 0 Å². The molecule has 1 aliphatic heterocycles. The maximum absolute atomic E-state index is 14.0. The molecule has 1 saturated carbocycles. The summed E-state index contributed by atoms with van der Waals surface area (Å²) in [5.74, 6) is 7.07. The molecule has 3 N–H and O–H groups in total. The Hall–Kier alpha value is -4.05. The normalized spacial score (nSPS) is 20.1. The largest absolute Gasteiger partial charge is 0.383 e. The van der Waals surface area contributed by atoms with Gasteiger partial charge >= 0.3 is 0 Å². The maximum atomic E-state index is 14.0. The summed E-state index contributed by atoms with van der Waals surface area (Å²) in [6, 6.07) is 9.77. The zero-order valence-electron chi connectivity index (χ0n) is 23.2. The summed E-state index contributed by atoms with van der Waals surface area (Å²) in [4.78, 5) is 32.8. The highest BCUT2D eigenvalue weighted by Crippen LogP contribution is 2.30. The van der Waals surface area contributed by atoms with E-state index < -0.39 is 0 Å². The van der Waals surface area contributed by atoms with Crippen molar-refractivity contribution < 1.29 is 9.59 Å². The van der Waals surface area contributed by atoms with Crippen molar-refractivity contribution in [1.82, 2.24) is 14.8 Å². The number of aliphatic imine (C=N–C) groups is 1. The van der Waals surface area contributed by atoms with E-state index in [0.717, 1.165) is 43.0 Å². The average molecular weight is 526 g/mol. The SMILES string of the molecule is C=CC(=O)N1C[C@H](n2c(C#CC3CC3)c(C(=O)NCc3ccccc3)c(=C(N)/N=C\C)/c2=C/CCC)CC1C. The lowest BCUT2D eigenvalue weighted by molar-refractivity contribution is -0.126. The molecule has 1 saturated heterocycles. The number of aromatic nitrogens is 1. The molecule has 7 nitrogen and oxygen atoms in total. The zero-order chi connectivity index (χ0) is 27.9. The summed E-state index contributed by atoms with van der Waals surface area (Å²) in [6.45, 7) is 10.5. The van der Waals surface area contributed by atoms with Crippen LogP contribution in [-0.4, -0.2) is 40.1 Å². The monoisotopic (exact) mass is 525 g/mol. The van der Waals surface area contributed by atoms with Gasteiger partial charge in [-0.2, -0.15) is 0 Å². The van der Waals surface area contributed by atoms with Gasteiger partial charge in [0.05, 0.1) is 16.8 Å². The number of unbranched alkanes of at least 4 members (excludes halogenated alkanes) is 1. The molecule has 204 valence electrons. The highest BCUT2D eigenvalue weighted by molar-refractivity contribution is 5.97. The molecular formula is C32H39N5O2. The summed E-state index contributed by atoms with van der Waals surface area (Å²) in [5, 5.41) is 4.54. The number of rotatable bonds is 8. The lowest BCUT2D eigenvalue weighted by atomic mass is 10.1. The van der Waals surface area contributed by atoms with Crippen molar-refractivity contribution >= 4 is 29.9 Å². The van der Waals surface area contributed by atoms with E-state index in [2.05, 4.69) is 46.3 Å². The van der Waals surface area contributed by atoms with Gasteiger partial charge < -0.3 is 20.5 Å². The Kier molecular flexibility index (Phi) is 9.08. The van der Waals surface area contributed by atoms with Crippen LogP contribution in [0.4, 0.5) is 0 Å². The van der Waals surface area contributed by atoms with Crippen LogP contribution in [0.2, 0.25) is 0 Å². The van der Waals surface area contributed by atoms with Crippen molar-refractivity contribution in [3.05, 3.63) is 70.4 Å². The molecule has 2 aromatic rings. The number of nitrogens with two attached hydrogens (primary N) is 1. The van der Waals surface area contributed by atoms with Crippen LogP contribution in [0.25, 0.3) is 11.9 Å². The predicted octanol–water partition coefficient (Wildman–Crippen LogP) is 3.22. The maximum Gasteiger partial charge on any atom is 0.255 e. The summed E-state index contributed by atoms with van der Waals surface area (Å²) < 4.78 is 2.16. The standard InChI is InChI=1S/C32H39N5O2/c1-5-8-14-26-29(31(33)34-7-3)30(32(39)35-20-24-12-10-9-11-13-24)27(18-17-23-15-16-23)37(26)25-19-22(4)36(21-25)28(38)6-2/h6-7,9-14,22-23,25H,2,5,8,15-16,19-21,33H2,1,3-4H3,(H,35,39)/b26-14-,31-29+,34-7-/t22?,25-/m1/s1. The molecule has 1 unspecified atom stereocenters. The van der Waals surface area contributed by atoms with E-state index in [1.807, 2.05) is 42.2 Å². The number of hydrogen-bond acceptors (Lipinski definition) is 4. The molecule has 2 amide bonds. The number of amides is 2. The van der Waals surface area contributed by atoms with Gasteiger partial charge in [0.1, 0.15) is 11.5 Å². The van der Waals surface area contributed by atoms with Crippen molar-refractivity contribution in [3.8, 4) is 11.8 Å². The van der Waals surface area contributed by atoms with Gasteiger partial charge in [0.25, 0.3) is 5.91 Å². The summed E-state index contributed by atoms with van der Waals surface area (Å²) in [5.41, 5.74) is 8.67. The minimum atomic E-state index is -0.238. The second kappa shape index (κ2) is 12.7. The molecule has 2 atom stereocenters. The number of nitrogens with zero attached hydrogens (tertiary/aromatic N) is 3. The Labute approximate surface area is 231 Å². The predicted molar refractivity (Wildman–Crippen MR) is 157 cm³/mol. The van der Waals surface area contributed by atoms with Gasteiger partial charge in [-0.15, -0.1) is 0 Å². The van der Waals surface area contributed by atoms with Gasteiger partial charge in [-0.25, -0.2) is 4.99 Å². The molecule has 0 bridgehead atoms. The Morgan fingerprint density at radius 1 is 1.26 bits per heavy atom. The number of nitrogens with one attached hydrogen (secondary N) is 1. The molecule has 4 rings (SSSR count). The quantitative estimate of drug-likeness (QED) is 0.315. The van der Waals surface area contributed by atoms with Crippen LogP contribution < -0.4 is 21.6 Å². The number of carbonyl (C=O) groups is 2. The van der Waals surface area contributed by atoms with Crippen molar-refractivity contribution in [3.63, 3.8) is 0 Å². The Bertz CT molecular complexity index is 1440. The molecule has 1 aliphatic carbocycles. The van der Waals surface area contributed by atoms with E-state index in [1.165, 1.54) is 6.08 Å². The van der Waals surface area contributed by atoms with Gasteiger partial charge in [0, 0.05) is 36.6 Å². The van der Waals surface area contributed by atoms with Crippen molar-refractivity contribution in [2.45, 2.75) is 71.5 Å². The average Bonchev–Trinajstić information content (AvgIpc) is 3.61. The summed E-state index contributed by atoms with van der Waals surface area (Å²) >= 11 is 0. The minimum absolute atomic E-state index is 0.0277. The van der Waals surface area contributed by atoms with Crippen molar-refractivity contribution in [2.24, 2.45) is 16.6 Å². The second-order valence-corrected chi connectivity index (χ2v) is 10.3. The van der Waals surface area contributed by atoms with E-state index in [0.29, 0.717) is 35.5 Å². The van der Waals surface area contributed by atoms with E-state index in [4.69, 9.17) is 5.73 Å². The third-order valence-corrected chi connectivity index (χ3v) is 7.26. The third kappa shape index (κ3) is 6.34. The van der Waals surface area contributed by atoms with Crippen molar-refractivity contribution in [2.75, 3.05) is 6.54 Å².